The van der Waals surface area contributed by atoms with Gasteiger partial charge in [-0.3, -0.25) is 0 Å². The third kappa shape index (κ3) is 2.42. The summed E-state index contributed by atoms with van der Waals surface area (Å²) >= 11 is 0. The van der Waals surface area contributed by atoms with Crippen molar-refractivity contribution in [2.24, 2.45) is 0 Å². The minimum absolute atomic E-state index is 0.0621. The van der Waals surface area contributed by atoms with Crippen molar-refractivity contribution >= 4 is 12.2 Å². The van der Waals surface area contributed by atoms with Crippen LogP contribution < -0.4 is 0 Å². The minimum Gasteiger partial charge on any atom is -0.435 e. The molecule has 1 heterocycles. The van der Waals surface area contributed by atoms with Gasteiger partial charge in [0.05, 0.1) is 0 Å². The SMILES string of the molecule is C[C@@H]1C(O)CC[N+]1(C(=O)O)C(=O)OC(C)(C)C. The van der Waals surface area contributed by atoms with Gasteiger partial charge in [0.1, 0.15) is 24.3 Å². The number of amides is 2. The first kappa shape index (κ1) is 13.9. The summed E-state index contributed by atoms with van der Waals surface area (Å²) in [6, 6.07) is -0.692. The molecule has 1 aliphatic heterocycles. The van der Waals surface area contributed by atoms with Crippen LogP contribution in [-0.2, 0) is 4.74 Å². The lowest BCUT2D eigenvalue weighted by Crippen LogP contribution is -2.61. The molecule has 0 radical (unpaired) electrons. The molecule has 1 saturated heterocycles. The van der Waals surface area contributed by atoms with Crippen molar-refractivity contribution in [1.82, 2.24) is 0 Å². The Balaban J connectivity index is 3.02. The first-order valence-electron chi connectivity index (χ1n) is 5.64. The number of hydrogen-bond acceptors (Lipinski definition) is 4. The number of carboxylic acid groups (broad SMARTS) is 1. The summed E-state index contributed by atoms with van der Waals surface area (Å²) in [7, 11) is 0. The maximum atomic E-state index is 12.0. The molecule has 0 aromatic heterocycles. The third-order valence-corrected chi connectivity index (χ3v) is 3.09. The highest BCUT2D eigenvalue weighted by atomic mass is 16.6. The number of nitrogens with zero attached hydrogens (tertiary/aromatic N) is 1. The van der Waals surface area contributed by atoms with E-state index in [4.69, 9.17) is 4.74 Å². The number of hydrogen-bond donors (Lipinski definition) is 2. The van der Waals surface area contributed by atoms with Gasteiger partial charge in [-0.25, -0.2) is 0 Å². The maximum Gasteiger partial charge on any atom is 0.527 e. The van der Waals surface area contributed by atoms with Gasteiger partial charge in [0.25, 0.3) is 0 Å². The first-order chi connectivity index (χ1) is 7.61. The number of aliphatic hydroxyl groups is 1. The van der Waals surface area contributed by atoms with Crippen molar-refractivity contribution in [3.05, 3.63) is 0 Å². The molecule has 2 N–H and O–H groups in total. The lowest BCUT2D eigenvalue weighted by molar-refractivity contribution is -0.798. The molecule has 0 aromatic carbocycles. The van der Waals surface area contributed by atoms with Gasteiger partial charge in [0.2, 0.25) is 0 Å². The van der Waals surface area contributed by atoms with Crippen molar-refractivity contribution in [3.8, 4) is 0 Å². The molecule has 2 unspecified atom stereocenters. The van der Waals surface area contributed by atoms with Gasteiger partial charge >= 0.3 is 12.2 Å². The van der Waals surface area contributed by atoms with Gasteiger partial charge in [-0.15, -0.1) is 4.48 Å². The maximum absolute atomic E-state index is 12.0. The van der Waals surface area contributed by atoms with Crippen molar-refractivity contribution in [2.45, 2.75) is 51.9 Å². The van der Waals surface area contributed by atoms with Gasteiger partial charge < -0.3 is 14.9 Å². The molecule has 6 heteroatoms. The van der Waals surface area contributed by atoms with Crippen LogP contribution in [0.4, 0.5) is 9.59 Å². The molecule has 3 atom stereocenters. The number of carbonyl (C=O) groups is 2. The highest BCUT2D eigenvalue weighted by molar-refractivity contribution is 5.76. The van der Waals surface area contributed by atoms with Gasteiger partial charge in [-0.2, -0.15) is 9.59 Å². The average molecular weight is 246 g/mol. The van der Waals surface area contributed by atoms with Crippen LogP contribution in [-0.4, -0.2) is 51.2 Å². The minimum atomic E-state index is -1.27. The predicted molar refractivity (Wildman–Crippen MR) is 59.5 cm³/mol. The highest BCUT2D eigenvalue weighted by Crippen LogP contribution is 2.30. The molecule has 98 valence electrons. The summed E-state index contributed by atoms with van der Waals surface area (Å²) in [5.74, 6) is 0. The fourth-order valence-corrected chi connectivity index (χ4v) is 2.02. The number of imide groups is 1. The van der Waals surface area contributed by atoms with Gasteiger partial charge in [0.15, 0.2) is 0 Å². The van der Waals surface area contributed by atoms with Crippen molar-refractivity contribution < 1.29 is 29.0 Å². The van der Waals surface area contributed by atoms with Gasteiger partial charge in [-0.1, -0.05) is 0 Å². The van der Waals surface area contributed by atoms with E-state index < -0.39 is 34.4 Å². The molecule has 1 aliphatic rings. The predicted octanol–water partition coefficient (Wildman–Crippen LogP) is 1.57. The molecule has 2 amide bonds. The molecule has 0 aromatic rings. The zero-order valence-corrected chi connectivity index (χ0v) is 10.6. The van der Waals surface area contributed by atoms with Crippen LogP contribution in [0.25, 0.3) is 0 Å². The highest BCUT2D eigenvalue weighted by Gasteiger charge is 2.59. The second-order valence-corrected chi connectivity index (χ2v) is 5.45. The smallest absolute Gasteiger partial charge is 0.435 e. The molecule has 1 rings (SSSR count). The van der Waals surface area contributed by atoms with Gasteiger partial charge in [0, 0.05) is 6.42 Å². The van der Waals surface area contributed by atoms with Crippen molar-refractivity contribution in [2.75, 3.05) is 6.54 Å². The molecule has 1 fully saturated rings. The topological polar surface area (TPSA) is 83.8 Å². The van der Waals surface area contributed by atoms with Crippen molar-refractivity contribution in [1.29, 1.82) is 0 Å². The summed E-state index contributed by atoms with van der Waals surface area (Å²) in [4.78, 5) is 23.4. The second kappa shape index (κ2) is 4.27. The van der Waals surface area contributed by atoms with Crippen LogP contribution in [0.3, 0.4) is 0 Å². The zero-order chi connectivity index (χ0) is 13.4. The van der Waals surface area contributed by atoms with Gasteiger partial charge in [-0.05, 0) is 27.7 Å². The largest absolute Gasteiger partial charge is 0.527 e. The fraction of sp³-hybridized carbons (Fsp3) is 0.818. The number of rotatable bonds is 0. The quantitative estimate of drug-likeness (QED) is 0.634. The summed E-state index contributed by atoms with van der Waals surface area (Å²) in [6.07, 6.45) is -2.59. The summed E-state index contributed by atoms with van der Waals surface area (Å²) in [5.41, 5.74) is -0.745. The Morgan fingerprint density at radius 3 is 2.18 bits per heavy atom. The zero-order valence-electron chi connectivity index (χ0n) is 10.6. The monoisotopic (exact) mass is 246 g/mol. The Bertz CT molecular complexity index is 335. The normalized spacial score (nSPS) is 33.5. The van der Waals surface area contributed by atoms with Crippen LogP contribution in [0.5, 0.6) is 0 Å². The number of ether oxygens (including phenoxy) is 1. The lowest BCUT2D eigenvalue weighted by Gasteiger charge is -2.31. The van der Waals surface area contributed by atoms with E-state index in [1.807, 2.05) is 0 Å². The van der Waals surface area contributed by atoms with E-state index in [0.29, 0.717) is 0 Å². The molecular formula is C11H20NO5+. The number of carbonyl (C=O) groups excluding carboxylic acids is 1. The molecule has 6 nitrogen and oxygen atoms in total. The number of likely N-dealkylation sites (tertiary alicyclic amines) is 1. The van der Waals surface area contributed by atoms with E-state index in [2.05, 4.69) is 0 Å². The Labute approximate surface area is 100 Å². The third-order valence-electron chi connectivity index (χ3n) is 3.09. The van der Waals surface area contributed by atoms with Crippen LogP contribution >= 0.6 is 0 Å². The molecule has 0 aliphatic carbocycles. The van der Waals surface area contributed by atoms with E-state index in [1.54, 1.807) is 27.7 Å². The van der Waals surface area contributed by atoms with E-state index in [0.717, 1.165) is 0 Å². The van der Waals surface area contributed by atoms with E-state index in [9.17, 15) is 19.8 Å². The molecule has 0 saturated carbocycles. The van der Waals surface area contributed by atoms with E-state index >= 15 is 0 Å². The number of aliphatic hydroxyl groups excluding tert-OH is 1. The van der Waals surface area contributed by atoms with E-state index in [-0.39, 0.29) is 13.0 Å². The summed E-state index contributed by atoms with van der Waals surface area (Å²) < 4.78 is 4.30. The van der Waals surface area contributed by atoms with E-state index in [1.165, 1.54) is 0 Å². The van der Waals surface area contributed by atoms with Crippen molar-refractivity contribution in [3.63, 3.8) is 0 Å². The molecule has 0 bridgehead atoms. The van der Waals surface area contributed by atoms with Crippen LogP contribution in [0, 0.1) is 0 Å². The summed E-state index contributed by atoms with van der Waals surface area (Å²) in [6.45, 7) is 6.66. The first-order valence-corrected chi connectivity index (χ1v) is 5.64. The Morgan fingerprint density at radius 2 is 1.88 bits per heavy atom. The average Bonchev–Trinajstić information content (AvgIpc) is 2.42. The summed E-state index contributed by atoms with van der Waals surface area (Å²) in [5, 5.41) is 18.9. The number of quaternary nitrogens is 1. The standard InChI is InChI=1S/C11H19NO5/c1-7-8(13)5-6-12(7,9(14)15)10(16)17-11(2,3)4/h7-8,13H,5-6H2,1-4H3/p+1/t7-,8?,12?/m1/s1. The van der Waals surface area contributed by atoms with Crippen LogP contribution in [0.15, 0.2) is 0 Å². The lowest BCUT2D eigenvalue weighted by atomic mass is 10.2. The van der Waals surface area contributed by atoms with Crippen LogP contribution in [0.2, 0.25) is 0 Å². The fourth-order valence-electron chi connectivity index (χ4n) is 2.02. The Morgan fingerprint density at radius 1 is 1.35 bits per heavy atom. The Kier molecular flexibility index (Phi) is 3.50. The molecule has 0 spiro atoms. The Hall–Kier alpha value is -1.14. The van der Waals surface area contributed by atoms with Crippen LogP contribution in [0.1, 0.15) is 34.1 Å². The molecule has 17 heavy (non-hydrogen) atoms. The molecular weight excluding hydrogens is 226 g/mol. The second-order valence-electron chi connectivity index (χ2n) is 5.45.